The number of hydrogen-bond acceptors (Lipinski definition) is 5. The summed E-state index contributed by atoms with van der Waals surface area (Å²) in [4.78, 5) is 33.3. The van der Waals surface area contributed by atoms with Crippen LogP contribution in [0.2, 0.25) is 0 Å². The number of rotatable bonds is 7. The highest BCUT2D eigenvalue weighted by atomic mass is 16.4. The van der Waals surface area contributed by atoms with Gasteiger partial charge in [-0.3, -0.25) is 4.79 Å². The third-order valence-electron chi connectivity index (χ3n) is 2.74. The van der Waals surface area contributed by atoms with E-state index in [-0.39, 0.29) is 37.3 Å². The predicted molar refractivity (Wildman–Crippen MR) is 69.5 cm³/mol. The standard InChI is InChI=1S/C11H16N6O4/c18-9(14-7-1-2-7)5-13-11(21)12-3-4-17-6-8(10(19)20)15-16-17/h6-7H,1-5H2,(H,14,18)(H,19,20)(H2,12,13,21). The molecule has 0 atom stereocenters. The number of urea groups is 1. The highest BCUT2D eigenvalue weighted by Gasteiger charge is 2.23. The van der Waals surface area contributed by atoms with E-state index in [2.05, 4.69) is 26.3 Å². The Bertz CT molecular complexity index is 539. The average molecular weight is 296 g/mol. The van der Waals surface area contributed by atoms with E-state index < -0.39 is 12.0 Å². The van der Waals surface area contributed by atoms with Crippen molar-refractivity contribution in [1.82, 2.24) is 30.9 Å². The van der Waals surface area contributed by atoms with Crippen LogP contribution >= 0.6 is 0 Å². The number of amides is 3. The fourth-order valence-corrected chi connectivity index (χ4v) is 1.52. The first-order valence-corrected chi connectivity index (χ1v) is 6.49. The second-order valence-corrected chi connectivity index (χ2v) is 4.62. The first kappa shape index (κ1) is 14.8. The molecule has 1 aromatic heterocycles. The minimum atomic E-state index is -1.16. The maximum Gasteiger partial charge on any atom is 0.358 e. The van der Waals surface area contributed by atoms with Gasteiger partial charge in [0.05, 0.1) is 19.3 Å². The van der Waals surface area contributed by atoms with Crippen molar-refractivity contribution in [2.24, 2.45) is 0 Å². The normalized spacial score (nSPS) is 13.5. The fourth-order valence-electron chi connectivity index (χ4n) is 1.52. The summed E-state index contributed by atoms with van der Waals surface area (Å²) < 4.78 is 1.31. The summed E-state index contributed by atoms with van der Waals surface area (Å²) in [5.41, 5.74) is -0.156. The van der Waals surface area contributed by atoms with E-state index in [1.54, 1.807) is 0 Å². The molecule has 1 aromatic rings. The van der Waals surface area contributed by atoms with Crippen LogP contribution in [0.1, 0.15) is 23.3 Å². The predicted octanol–water partition coefficient (Wildman–Crippen LogP) is -1.45. The van der Waals surface area contributed by atoms with E-state index in [1.807, 2.05) is 0 Å². The molecule has 1 aliphatic carbocycles. The Balaban J connectivity index is 1.59. The van der Waals surface area contributed by atoms with Crippen LogP contribution in [0.3, 0.4) is 0 Å². The van der Waals surface area contributed by atoms with E-state index in [0.29, 0.717) is 0 Å². The van der Waals surface area contributed by atoms with Crippen LogP contribution in [0, 0.1) is 0 Å². The molecule has 0 radical (unpaired) electrons. The minimum absolute atomic E-state index is 0.0746. The summed E-state index contributed by atoms with van der Waals surface area (Å²) in [5, 5.41) is 23.4. The summed E-state index contributed by atoms with van der Waals surface area (Å²) in [5.74, 6) is -1.37. The molecule has 4 N–H and O–H groups in total. The number of nitrogens with one attached hydrogen (secondary N) is 3. The first-order valence-electron chi connectivity index (χ1n) is 6.49. The van der Waals surface area contributed by atoms with Gasteiger partial charge in [0.1, 0.15) is 0 Å². The number of hydrogen-bond donors (Lipinski definition) is 4. The molecule has 10 nitrogen and oxygen atoms in total. The van der Waals surface area contributed by atoms with E-state index in [9.17, 15) is 14.4 Å². The number of carboxylic acid groups (broad SMARTS) is 1. The summed E-state index contributed by atoms with van der Waals surface area (Å²) in [7, 11) is 0. The highest BCUT2D eigenvalue weighted by Crippen LogP contribution is 2.18. The lowest BCUT2D eigenvalue weighted by Crippen LogP contribution is -2.43. The molecule has 0 aromatic carbocycles. The average Bonchev–Trinajstić information content (AvgIpc) is 3.11. The summed E-state index contributed by atoms with van der Waals surface area (Å²) in [6.07, 6.45) is 3.26. The Labute approximate surface area is 119 Å². The van der Waals surface area contributed by atoms with Crippen molar-refractivity contribution < 1.29 is 19.5 Å². The number of carbonyl (C=O) groups excluding carboxylic acids is 2. The van der Waals surface area contributed by atoms with Gasteiger partial charge in [0.15, 0.2) is 5.69 Å². The van der Waals surface area contributed by atoms with Gasteiger partial charge in [-0.15, -0.1) is 5.10 Å². The van der Waals surface area contributed by atoms with Gasteiger partial charge >= 0.3 is 12.0 Å². The van der Waals surface area contributed by atoms with E-state index >= 15 is 0 Å². The van der Waals surface area contributed by atoms with Crippen LogP contribution in [0.25, 0.3) is 0 Å². The van der Waals surface area contributed by atoms with Crippen LogP contribution < -0.4 is 16.0 Å². The monoisotopic (exact) mass is 296 g/mol. The Hall–Kier alpha value is -2.65. The molecule has 0 unspecified atom stereocenters. The first-order chi connectivity index (χ1) is 10.0. The Morgan fingerprint density at radius 2 is 2.10 bits per heavy atom. The second-order valence-electron chi connectivity index (χ2n) is 4.62. The lowest BCUT2D eigenvalue weighted by atomic mass is 10.5. The zero-order valence-electron chi connectivity index (χ0n) is 11.2. The Morgan fingerprint density at radius 3 is 2.71 bits per heavy atom. The molecule has 114 valence electrons. The molecule has 0 aliphatic heterocycles. The van der Waals surface area contributed by atoms with Crippen molar-refractivity contribution in [3.8, 4) is 0 Å². The van der Waals surface area contributed by atoms with Gasteiger partial charge in [-0.05, 0) is 12.8 Å². The Morgan fingerprint density at radius 1 is 1.33 bits per heavy atom. The number of carboxylic acids is 1. The van der Waals surface area contributed by atoms with Gasteiger partial charge in [0.2, 0.25) is 5.91 Å². The van der Waals surface area contributed by atoms with E-state index in [0.717, 1.165) is 12.8 Å². The molecule has 0 bridgehead atoms. The molecule has 10 heteroatoms. The molecule has 0 saturated heterocycles. The van der Waals surface area contributed by atoms with Crippen molar-refractivity contribution >= 4 is 17.9 Å². The molecule has 21 heavy (non-hydrogen) atoms. The van der Waals surface area contributed by atoms with Crippen molar-refractivity contribution in [2.75, 3.05) is 13.1 Å². The van der Waals surface area contributed by atoms with Gasteiger partial charge in [-0.2, -0.15) is 0 Å². The summed E-state index contributed by atoms with van der Waals surface area (Å²) in [6, 6.07) is -0.211. The summed E-state index contributed by atoms with van der Waals surface area (Å²) in [6.45, 7) is 0.440. The van der Waals surface area contributed by atoms with Crippen LogP contribution in [0.4, 0.5) is 4.79 Å². The molecule has 1 saturated carbocycles. The van der Waals surface area contributed by atoms with Crippen molar-refractivity contribution in [3.63, 3.8) is 0 Å². The second kappa shape index (κ2) is 6.68. The summed E-state index contributed by atoms with van der Waals surface area (Å²) >= 11 is 0. The van der Waals surface area contributed by atoms with E-state index in [4.69, 9.17) is 5.11 Å². The maximum absolute atomic E-state index is 11.4. The van der Waals surface area contributed by atoms with Crippen molar-refractivity contribution in [3.05, 3.63) is 11.9 Å². The molecule has 2 rings (SSSR count). The van der Waals surface area contributed by atoms with Crippen LogP contribution in [-0.2, 0) is 11.3 Å². The van der Waals surface area contributed by atoms with Gasteiger partial charge in [0.25, 0.3) is 0 Å². The topological polar surface area (TPSA) is 138 Å². The lowest BCUT2D eigenvalue weighted by molar-refractivity contribution is -0.120. The fraction of sp³-hybridized carbons (Fsp3) is 0.545. The number of carbonyl (C=O) groups is 3. The van der Waals surface area contributed by atoms with Gasteiger partial charge in [0, 0.05) is 12.6 Å². The number of nitrogens with zero attached hydrogens (tertiary/aromatic N) is 3. The Kier molecular flexibility index (Phi) is 4.69. The molecular weight excluding hydrogens is 280 g/mol. The van der Waals surface area contributed by atoms with Crippen LogP contribution in [-0.4, -0.2) is 57.1 Å². The van der Waals surface area contributed by atoms with Gasteiger partial charge in [-0.25, -0.2) is 14.3 Å². The zero-order chi connectivity index (χ0) is 15.2. The SMILES string of the molecule is O=C(CNC(=O)NCCn1cc(C(=O)O)nn1)NC1CC1. The third-order valence-corrected chi connectivity index (χ3v) is 2.74. The molecule has 1 fully saturated rings. The molecule has 0 spiro atoms. The number of aromatic carboxylic acids is 1. The minimum Gasteiger partial charge on any atom is -0.476 e. The quantitative estimate of drug-likeness (QED) is 0.486. The van der Waals surface area contributed by atoms with Gasteiger partial charge < -0.3 is 21.1 Å². The largest absolute Gasteiger partial charge is 0.476 e. The maximum atomic E-state index is 11.4. The molecule has 1 aliphatic rings. The van der Waals surface area contributed by atoms with Gasteiger partial charge in [-0.1, -0.05) is 5.21 Å². The zero-order valence-corrected chi connectivity index (χ0v) is 11.2. The van der Waals surface area contributed by atoms with Crippen molar-refractivity contribution in [2.45, 2.75) is 25.4 Å². The molecular formula is C11H16N6O4. The smallest absolute Gasteiger partial charge is 0.358 e. The van der Waals surface area contributed by atoms with Crippen LogP contribution in [0.15, 0.2) is 6.20 Å². The lowest BCUT2D eigenvalue weighted by Gasteiger charge is -2.07. The van der Waals surface area contributed by atoms with E-state index in [1.165, 1.54) is 10.9 Å². The molecule has 1 heterocycles. The number of aromatic nitrogens is 3. The third kappa shape index (κ3) is 5.09. The van der Waals surface area contributed by atoms with Crippen molar-refractivity contribution in [1.29, 1.82) is 0 Å². The molecule has 3 amide bonds. The van der Waals surface area contributed by atoms with Crippen LogP contribution in [0.5, 0.6) is 0 Å². The highest BCUT2D eigenvalue weighted by molar-refractivity contribution is 5.85.